The summed E-state index contributed by atoms with van der Waals surface area (Å²) in [6.45, 7) is 2.77. The van der Waals surface area contributed by atoms with Gasteiger partial charge in [-0.25, -0.2) is 4.98 Å². The van der Waals surface area contributed by atoms with Crippen LogP contribution in [-0.2, 0) is 6.42 Å². The molecule has 1 aromatic heterocycles. The second-order valence-corrected chi connectivity index (χ2v) is 5.46. The number of thiazole rings is 1. The molecule has 2 rings (SSSR count). The number of hydrogen-bond donors (Lipinski definition) is 2. The number of nitrogens with zero attached hydrogens (tertiary/aromatic N) is 1. The smallest absolute Gasteiger partial charge is 0.263 e. The van der Waals surface area contributed by atoms with Crippen LogP contribution in [0.3, 0.4) is 0 Å². The van der Waals surface area contributed by atoms with Crippen molar-refractivity contribution in [1.82, 2.24) is 15.6 Å². The van der Waals surface area contributed by atoms with E-state index in [4.69, 9.17) is 0 Å². The maximum atomic E-state index is 11.8. The van der Waals surface area contributed by atoms with Crippen molar-refractivity contribution in [3.63, 3.8) is 0 Å². The summed E-state index contributed by atoms with van der Waals surface area (Å²) in [5, 5.41) is 6.46. The number of amides is 2. The van der Waals surface area contributed by atoms with Crippen LogP contribution in [0.25, 0.3) is 0 Å². The minimum Gasteiger partial charge on any atom is -0.350 e. The number of aryl methyl sites for hydroxylation is 1. The van der Waals surface area contributed by atoms with Crippen LogP contribution in [0, 0.1) is 0 Å². The molecule has 0 spiro atoms. The van der Waals surface area contributed by atoms with Crippen molar-refractivity contribution >= 4 is 23.2 Å². The standard InChI is InChI=1S/C15H17N3O2S/c1-2-13-18-10-12(21-13)15(20)17-9-8-16-14(19)11-6-4-3-5-7-11/h3-7,10H,2,8-9H2,1H3,(H,16,19)(H,17,20). The lowest BCUT2D eigenvalue weighted by atomic mass is 10.2. The van der Waals surface area contributed by atoms with Crippen LogP contribution in [0.4, 0.5) is 0 Å². The normalized spacial score (nSPS) is 10.1. The fourth-order valence-corrected chi connectivity index (χ4v) is 2.48. The van der Waals surface area contributed by atoms with Crippen LogP contribution in [0.5, 0.6) is 0 Å². The van der Waals surface area contributed by atoms with Crippen molar-refractivity contribution in [2.45, 2.75) is 13.3 Å². The summed E-state index contributed by atoms with van der Waals surface area (Å²) in [7, 11) is 0. The van der Waals surface area contributed by atoms with Crippen LogP contribution in [-0.4, -0.2) is 29.9 Å². The number of carbonyl (C=O) groups excluding carboxylic acids is 2. The van der Waals surface area contributed by atoms with E-state index in [-0.39, 0.29) is 11.8 Å². The van der Waals surface area contributed by atoms with E-state index in [2.05, 4.69) is 15.6 Å². The van der Waals surface area contributed by atoms with E-state index in [9.17, 15) is 9.59 Å². The van der Waals surface area contributed by atoms with E-state index in [0.29, 0.717) is 23.5 Å². The van der Waals surface area contributed by atoms with E-state index in [1.54, 1.807) is 18.3 Å². The van der Waals surface area contributed by atoms with Gasteiger partial charge in [0.15, 0.2) is 0 Å². The number of rotatable bonds is 6. The van der Waals surface area contributed by atoms with Gasteiger partial charge in [-0.2, -0.15) is 0 Å². The minimum atomic E-state index is -0.152. The molecule has 5 nitrogen and oxygen atoms in total. The molecule has 0 saturated carbocycles. The molecule has 6 heteroatoms. The molecule has 2 amide bonds. The molecule has 2 N–H and O–H groups in total. The summed E-state index contributed by atoms with van der Waals surface area (Å²) in [4.78, 5) is 28.3. The highest BCUT2D eigenvalue weighted by Crippen LogP contribution is 2.12. The molecule has 110 valence electrons. The third-order valence-corrected chi connectivity index (χ3v) is 3.95. The summed E-state index contributed by atoms with van der Waals surface area (Å²) < 4.78 is 0. The lowest BCUT2D eigenvalue weighted by molar-refractivity contribution is 0.0929. The first-order chi connectivity index (χ1) is 10.2. The largest absolute Gasteiger partial charge is 0.350 e. The second-order valence-electron chi connectivity index (χ2n) is 4.35. The molecule has 0 atom stereocenters. The minimum absolute atomic E-state index is 0.143. The topological polar surface area (TPSA) is 71.1 Å². The van der Waals surface area contributed by atoms with Crippen molar-refractivity contribution in [3.05, 3.63) is 52.0 Å². The fourth-order valence-electron chi connectivity index (χ4n) is 1.71. The number of nitrogens with one attached hydrogen (secondary N) is 2. The van der Waals surface area contributed by atoms with Gasteiger partial charge < -0.3 is 10.6 Å². The van der Waals surface area contributed by atoms with Crippen molar-refractivity contribution in [2.75, 3.05) is 13.1 Å². The van der Waals surface area contributed by atoms with Gasteiger partial charge in [0.2, 0.25) is 0 Å². The predicted molar refractivity (Wildman–Crippen MR) is 82.6 cm³/mol. The van der Waals surface area contributed by atoms with E-state index >= 15 is 0 Å². The second kappa shape index (κ2) is 7.54. The Bertz CT molecular complexity index is 610. The van der Waals surface area contributed by atoms with E-state index in [0.717, 1.165) is 11.4 Å². The van der Waals surface area contributed by atoms with Crippen molar-refractivity contribution in [1.29, 1.82) is 0 Å². The lowest BCUT2D eigenvalue weighted by Gasteiger charge is -2.06. The lowest BCUT2D eigenvalue weighted by Crippen LogP contribution is -2.34. The zero-order valence-electron chi connectivity index (χ0n) is 11.8. The molecule has 1 heterocycles. The van der Waals surface area contributed by atoms with Gasteiger partial charge in [-0.3, -0.25) is 9.59 Å². The molecule has 0 aliphatic heterocycles. The quantitative estimate of drug-likeness (QED) is 0.800. The molecule has 1 aromatic carbocycles. The van der Waals surface area contributed by atoms with E-state index < -0.39 is 0 Å². The SMILES string of the molecule is CCc1ncc(C(=O)NCCNC(=O)c2ccccc2)s1. The maximum absolute atomic E-state index is 11.8. The molecule has 0 radical (unpaired) electrons. The van der Waals surface area contributed by atoms with Gasteiger partial charge in [0.05, 0.1) is 11.2 Å². The predicted octanol–water partition coefficient (Wildman–Crippen LogP) is 1.87. The highest BCUT2D eigenvalue weighted by molar-refractivity contribution is 7.13. The molecule has 21 heavy (non-hydrogen) atoms. The number of benzene rings is 1. The Morgan fingerprint density at radius 2 is 1.76 bits per heavy atom. The van der Waals surface area contributed by atoms with Crippen molar-refractivity contribution in [2.24, 2.45) is 0 Å². The molecule has 0 saturated heterocycles. The first-order valence-electron chi connectivity index (χ1n) is 6.77. The molecule has 0 fully saturated rings. The van der Waals surface area contributed by atoms with Crippen molar-refractivity contribution < 1.29 is 9.59 Å². The van der Waals surface area contributed by atoms with Crippen LogP contribution in [0.15, 0.2) is 36.5 Å². The first-order valence-corrected chi connectivity index (χ1v) is 7.58. The summed E-state index contributed by atoms with van der Waals surface area (Å²) in [5.74, 6) is -0.294. The Balaban J connectivity index is 1.72. The average Bonchev–Trinajstić information content (AvgIpc) is 3.01. The zero-order chi connectivity index (χ0) is 15.1. The van der Waals surface area contributed by atoms with Crippen LogP contribution >= 0.6 is 11.3 Å². The first kappa shape index (κ1) is 15.2. The van der Waals surface area contributed by atoms with Gasteiger partial charge in [0, 0.05) is 18.7 Å². The number of aromatic nitrogens is 1. The average molecular weight is 303 g/mol. The van der Waals surface area contributed by atoms with Gasteiger partial charge in [-0.05, 0) is 18.6 Å². The van der Waals surface area contributed by atoms with Gasteiger partial charge in [0.25, 0.3) is 11.8 Å². The number of carbonyl (C=O) groups is 2. The molecule has 2 aromatic rings. The molecule has 0 unspecified atom stereocenters. The Labute approximate surface area is 127 Å². The molecular weight excluding hydrogens is 286 g/mol. The monoisotopic (exact) mass is 303 g/mol. The Kier molecular flexibility index (Phi) is 5.45. The fraction of sp³-hybridized carbons (Fsp3) is 0.267. The van der Waals surface area contributed by atoms with Crippen LogP contribution in [0.1, 0.15) is 32.0 Å². The highest BCUT2D eigenvalue weighted by atomic mass is 32.1. The third-order valence-electron chi connectivity index (χ3n) is 2.81. The van der Waals surface area contributed by atoms with Crippen LogP contribution < -0.4 is 10.6 Å². The highest BCUT2D eigenvalue weighted by Gasteiger charge is 2.09. The molecule has 0 aliphatic rings. The van der Waals surface area contributed by atoms with Gasteiger partial charge in [-0.1, -0.05) is 25.1 Å². The van der Waals surface area contributed by atoms with Gasteiger partial charge in [0.1, 0.15) is 4.88 Å². The Hall–Kier alpha value is -2.21. The Morgan fingerprint density at radius 3 is 2.38 bits per heavy atom. The zero-order valence-corrected chi connectivity index (χ0v) is 12.6. The van der Waals surface area contributed by atoms with Gasteiger partial charge in [-0.15, -0.1) is 11.3 Å². The maximum Gasteiger partial charge on any atom is 0.263 e. The third kappa shape index (κ3) is 4.39. The molecule has 0 bridgehead atoms. The molecular formula is C15H17N3O2S. The summed E-state index contributed by atoms with van der Waals surface area (Å²) in [6, 6.07) is 8.98. The number of hydrogen-bond acceptors (Lipinski definition) is 4. The van der Waals surface area contributed by atoms with E-state index in [1.807, 2.05) is 25.1 Å². The van der Waals surface area contributed by atoms with Gasteiger partial charge >= 0.3 is 0 Å². The molecule has 0 aliphatic carbocycles. The summed E-state index contributed by atoms with van der Waals surface area (Å²) >= 11 is 1.39. The van der Waals surface area contributed by atoms with Crippen molar-refractivity contribution in [3.8, 4) is 0 Å². The van der Waals surface area contributed by atoms with E-state index in [1.165, 1.54) is 11.3 Å². The summed E-state index contributed by atoms with van der Waals surface area (Å²) in [6.07, 6.45) is 2.41. The Morgan fingerprint density at radius 1 is 1.10 bits per heavy atom. The summed E-state index contributed by atoms with van der Waals surface area (Å²) in [5.41, 5.74) is 0.610. The van der Waals surface area contributed by atoms with Crippen LogP contribution in [0.2, 0.25) is 0 Å².